The summed E-state index contributed by atoms with van der Waals surface area (Å²) in [6.07, 6.45) is 4.33. The van der Waals surface area contributed by atoms with Gasteiger partial charge in [-0.15, -0.1) is 0 Å². The van der Waals surface area contributed by atoms with Gasteiger partial charge in [-0.1, -0.05) is 25.1 Å². The largest absolute Gasteiger partial charge is 0.312 e. The predicted octanol–water partition coefficient (Wildman–Crippen LogP) is 3.13. The van der Waals surface area contributed by atoms with Crippen molar-refractivity contribution in [2.75, 3.05) is 23.0 Å². The predicted molar refractivity (Wildman–Crippen MR) is 94.9 cm³/mol. The van der Waals surface area contributed by atoms with Crippen LogP contribution in [0.2, 0.25) is 0 Å². The van der Waals surface area contributed by atoms with E-state index in [9.17, 15) is 13.2 Å². The monoisotopic (exact) mass is 347 g/mol. The molecule has 1 aromatic rings. The molecule has 1 aromatic carbocycles. The lowest BCUT2D eigenvalue weighted by Crippen LogP contribution is -2.36. The number of hydrogen-bond acceptors (Lipinski definition) is 3. The first kappa shape index (κ1) is 16.1. The van der Waals surface area contributed by atoms with Crippen LogP contribution in [0, 0.1) is 11.3 Å². The van der Waals surface area contributed by atoms with E-state index >= 15 is 0 Å². The standard InChI is InChI=1S/C19H25NO3S/c1-14-5-4-10-20(17-7-3-2-6-15(14)17)18(21)16-13-19(16)8-11-24(22,23)12-9-19/h2-3,6-7,14,16H,4-5,8-13H2,1H3/t14-,16-/m0/s1. The van der Waals surface area contributed by atoms with Crippen molar-refractivity contribution in [3.8, 4) is 0 Å². The van der Waals surface area contributed by atoms with E-state index in [1.165, 1.54) is 5.56 Å². The Hall–Kier alpha value is -1.36. The molecule has 1 aliphatic carbocycles. The maximum Gasteiger partial charge on any atom is 0.230 e. The van der Waals surface area contributed by atoms with E-state index in [0.29, 0.717) is 18.8 Å². The second kappa shape index (κ2) is 5.58. The average Bonchev–Trinajstić information content (AvgIpc) is 3.31. The topological polar surface area (TPSA) is 54.5 Å². The Labute approximate surface area is 144 Å². The van der Waals surface area contributed by atoms with Crippen LogP contribution in [-0.2, 0) is 14.6 Å². The quantitative estimate of drug-likeness (QED) is 0.784. The zero-order chi connectivity index (χ0) is 16.9. The number of carbonyl (C=O) groups excluding carboxylic acids is 1. The molecule has 0 bridgehead atoms. The van der Waals surface area contributed by atoms with Gasteiger partial charge in [-0.3, -0.25) is 4.79 Å². The van der Waals surface area contributed by atoms with Crippen molar-refractivity contribution >= 4 is 21.4 Å². The molecule has 24 heavy (non-hydrogen) atoms. The van der Waals surface area contributed by atoms with Gasteiger partial charge < -0.3 is 4.90 Å². The molecule has 1 saturated heterocycles. The number of benzene rings is 1. The zero-order valence-corrected chi connectivity index (χ0v) is 15.0. The van der Waals surface area contributed by atoms with Crippen LogP contribution in [-0.4, -0.2) is 32.4 Å². The van der Waals surface area contributed by atoms with Crippen molar-refractivity contribution in [1.82, 2.24) is 0 Å². The van der Waals surface area contributed by atoms with Crippen molar-refractivity contribution in [3.05, 3.63) is 29.8 Å². The van der Waals surface area contributed by atoms with Crippen molar-refractivity contribution in [2.45, 2.75) is 44.9 Å². The lowest BCUT2D eigenvalue weighted by molar-refractivity contribution is -0.120. The molecule has 1 spiro atoms. The second-order valence-electron chi connectivity index (χ2n) is 7.86. The minimum Gasteiger partial charge on any atom is -0.312 e. The Morgan fingerprint density at radius 1 is 1.21 bits per heavy atom. The molecular weight excluding hydrogens is 322 g/mol. The van der Waals surface area contributed by atoms with E-state index in [2.05, 4.69) is 19.1 Å². The number of fused-ring (bicyclic) bond motifs is 1. The molecule has 0 unspecified atom stereocenters. The molecule has 2 atom stereocenters. The third-order valence-electron chi connectivity index (χ3n) is 6.35. The van der Waals surface area contributed by atoms with Gasteiger partial charge in [0, 0.05) is 18.2 Å². The summed E-state index contributed by atoms with van der Waals surface area (Å²) in [6, 6.07) is 8.26. The first-order chi connectivity index (χ1) is 11.4. The summed E-state index contributed by atoms with van der Waals surface area (Å²) in [4.78, 5) is 15.2. The van der Waals surface area contributed by atoms with Crippen LogP contribution in [0.1, 0.15) is 50.5 Å². The molecule has 2 aliphatic heterocycles. The van der Waals surface area contributed by atoms with Crippen LogP contribution in [0.15, 0.2) is 24.3 Å². The van der Waals surface area contributed by atoms with Crippen LogP contribution < -0.4 is 4.90 Å². The highest BCUT2D eigenvalue weighted by Crippen LogP contribution is 2.60. The molecule has 0 aromatic heterocycles. The molecule has 4 nitrogen and oxygen atoms in total. The highest BCUT2D eigenvalue weighted by Gasteiger charge is 2.60. The highest BCUT2D eigenvalue weighted by molar-refractivity contribution is 7.91. The van der Waals surface area contributed by atoms with Gasteiger partial charge in [0.25, 0.3) is 0 Å². The van der Waals surface area contributed by atoms with Crippen molar-refractivity contribution in [2.24, 2.45) is 11.3 Å². The summed E-state index contributed by atoms with van der Waals surface area (Å²) in [5.74, 6) is 1.23. The fourth-order valence-electron chi connectivity index (χ4n) is 4.59. The molecule has 3 aliphatic rings. The molecule has 5 heteroatoms. The second-order valence-corrected chi connectivity index (χ2v) is 10.2. The Morgan fingerprint density at radius 3 is 2.67 bits per heavy atom. The van der Waals surface area contributed by atoms with E-state index in [0.717, 1.165) is 31.5 Å². The van der Waals surface area contributed by atoms with Gasteiger partial charge in [0.15, 0.2) is 0 Å². The van der Waals surface area contributed by atoms with Gasteiger partial charge in [-0.05, 0) is 55.1 Å². The van der Waals surface area contributed by atoms with E-state index in [4.69, 9.17) is 0 Å². The summed E-state index contributed by atoms with van der Waals surface area (Å²) in [7, 11) is -2.87. The SMILES string of the molecule is C[C@H]1CCCN(C(=O)[C@@H]2CC23CCS(=O)(=O)CC3)c2ccccc21. The number of amides is 1. The number of sulfone groups is 1. The molecule has 130 valence electrons. The van der Waals surface area contributed by atoms with Crippen molar-refractivity contribution < 1.29 is 13.2 Å². The smallest absolute Gasteiger partial charge is 0.230 e. The molecule has 0 N–H and O–H groups in total. The number of carbonyl (C=O) groups is 1. The Morgan fingerprint density at radius 2 is 1.92 bits per heavy atom. The minimum atomic E-state index is -2.87. The summed E-state index contributed by atoms with van der Waals surface area (Å²) >= 11 is 0. The Balaban J connectivity index is 1.57. The maximum absolute atomic E-state index is 13.2. The highest BCUT2D eigenvalue weighted by atomic mass is 32.2. The summed E-state index contributed by atoms with van der Waals surface area (Å²) < 4.78 is 23.4. The Bertz CT molecular complexity index is 757. The first-order valence-corrected chi connectivity index (χ1v) is 10.8. The number of nitrogens with zero attached hydrogens (tertiary/aromatic N) is 1. The van der Waals surface area contributed by atoms with Gasteiger partial charge in [0.2, 0.25) is 5.91 Å². The van der Waals surface area contributed by atoms with Crippen LogP contribution >= 0.6 is 0 Å². The Kier molecular flexibility index (Phi) is 3.75. The first-order valence-electron chi connectivity index (χ1n) is 9.03. The van der Waals surface area contributed by atoms with Crippen molar-refractivity contribution in [1.29, 1.82) is 0 Å². The number of anilines is 1. The minimum absolute atomic E-state index is 0.0227. The van der Waals surface area contributed by atoms with E-state index < -0.39 is 9.84 Å². The van der Waals surface area contributed by atoms with Crippen LogP contribution in [0.25, 0.3) is 0 Å². The summed E-state index contributed by atoms with van der Waals surface area (Å²) in [6.45, 7) is 3.02. The van der Waals surface area contributed by atoms with Gasteiger partial charge >= 0.3 is 0 Å². The fraction of sp³-hybridized carbons (Fsp3) is 0.632. The zero-order valence-electron chi connectivity index (χ0n) is 14.2. The van der Waals surface area contributed by atoms with E-state index in [-0.39, 0.29) is 28.7 Å². The average molecular weight is 347 g/mol. The molecule has 1 amide bonds. The van der Waals surface area contributed by atoms with Gasteiger partial charge in [-0.25, -0.2) is 8.42 Å². The normalized spacial score (nSPS) is 30.5. The molecule has 1 saturated carbocycles. The third-order valence-corrected chi connectivity index (χ3v) is 8.01. The van der Waals surface area contributed by atoms with Crippen LogP contribution in [0.3, 0.4) is 0 Å². The van der Waals surface area contributed by atoms with E-state index in [1.807, 2.05) is 17.0 Å². The van der Waals surface area contributed by atoms with Crippen molar-refractivity contribution in [3.63, 3.8) is 0 Å². The van der Waals surface area contributed by atoms with E-state index in [1.54, 1.807) is 0 Å². The van der Waals surface area contributed by atoms with Gasteiger partial charge in [0.1, 0.15) is 9.84 Å². The summed E-state index contributed by atoms with van der Waals surface area (Å²) in [5, 5.41) is 0. The summed E-state index contributed by atoms with van der Waals surface area (Å²) in [5.41, 5.74) is 2.30. The molecule has 2 heterocycles. The van der Waals surface area contributed by atoms with Gasteiger partial charge in [-0.2, -0.15) is 0 Å². The lowest BCUT2D eigenvalue weighted by Gasteiger charge is -2.27. The number of para-hydroxylation sites is 1. The maximum atomic E-state index is 13.2. The number of rotatable bonds is 1. The molecule has 2 fully saturated rings. The fourth-order valence-corrected chi connectivity index (χ4v) is 6.23. The van der Waals surface area contributed by atoms with Gasteiger partial charge in [0.05, 0.1) is 11.5 Å². The van der Waals surface area contributed by atoms with Crippen LogP contribution in [0.4, 0.5) is 5.69 Å². The molecule has 4 rings (SSSR count). The van der Waals surface area contributed by atoms with Crippen LogP contribution in [0.5, 0.6) is 0 Å². The molecule has 0 radical (unpaired) electrons. The number of hydrogen-bond donors (Lipinski definition) is 0. The third kappa shape index (κ3) is 2.67. The lowest BCUT2D eigenvalue weighted by atomic mass is 9.95. The molecular formula is C19H25NO3S.